The van der Waals surface area contributed by atoms with Crippen molar-refractivity contribution in [3.05, 3.63) is 77.1 Å². The van der Waals surface area contributed by atoms with Crippen molar-refractivity contribution in [2.24, 2.45) is 17.2 Å². The molecular formula is C21H27N5. The molecule has 2 aromatic carbocycles. The molecule has 1 saturated heterocycles. The first-order chi connectivity index (χ1) is 12.6. The summed E-state index contributed by atoms with van der Waals surface area (Å²) in [5.41, 5.74) is 23.9. The van der Waals surface area contributed by atoms with Gasteiger partial charge in [0.2, 0.25) is 0 Å². The lowest BCUT2D eigenvalue weighted by atomic mass is 10.00. The van der Waals surface area contributed by atoms with Gasteiger partial charge in [-0.3, -0.25) is 0 Å². The van der Waals surface area contributed by atoms with Crippen molar-refractivity contribution >= 4 is 17.0 Å². The molecule has 1 heterocycles. The summed E-state index contributed by atoms with van der Waals surface area (Å²) in [6.07, 6.45) is 1.86. The van der Waals surface area contributed by atoms with Gasteiger partial charge in [-0.25, -0.2) is 0 Å². The molecule has 1 aliphatic heterocycles. The summed E-state index contributed by atoms with van der Waals surface area (Å²) in [6, 6.07) is 16.3. The number of hydrogen-bond acceptors (Lipinski definition) is 5. The van der Waals surface area contributed by atoms with Crippen LogP contribution in [0.15, 0.2) is 60.4 Å². The predicted molar refractivity (Wildman–Crippen MR) is 110 cm³/mol. The maximum Gasteiger partial charge on any atom is 0.101 e. The van der Waals surface area contributed by atoms with E-state index in [-0.39, 0.29) is 5.82 Å². The van der Waals surface area contributed by atoms with Gasteiger partial charge in [0.05, 0.1) is 0 Å². The number of benzene rings is 2. The molecule has 5 nitrogen and oxygen atoms in total. The fourth-order valence-electron chi connectivity index (χ4n) is 3.24. The van der Waals surface area contributed by atoms with Crippen molar-refractivity contribution in [3.63, 3.8) is 0 Å². The van der Waals surface area contributed by atoms with E-state index in [1.807, 2.05) is 49.4 Å². The summed E-state index contributed by atoms with van der Waals surface area (Å²) >= 11 is 0. The lowest BCUT2D eigenvalue weighted by molar-refractivity contribution is 0.589. The van der Waals surface area contributed by atoms with Crippen LogP contribution in [0.25, 0.3) is 11.3 Å². The third kappa shape index (κ3) is 4.00. The number of piperazine rings is 1. The highest BCUT2D eigenvalue weighted by molar-refractivity contribution is 5.85. The zero-order chi connectivity index (χ0) is 18.5. The molecule has 1 fully saturated rings. The third-order valence-electron chi connectivity index (χ3n) is 4.73. The van der Waals surface area contributed by atoms with Gasteiger partial charge in [-0.1, -0.05) is 36.4 Å². The molecule has 1 aliphatic rings. The lowest BCUT2D eigenvalue weighted by Crippen LogP contribution is -2.43. The minimum atomic E-state index is 0.261. The minimum absolute atomic E-state index is 0.261. The Morgan fingerprint density at radius 2 is 1.62 bits per heavy atom. The first-order valence-corrected chi connectivity index (χ1v) is 8.91. The summed E-state index contributed by atoms with van der Waals surface area (Å²) in [6.45, 7) is 6.09. The molecule has 0 bridgehead atoms. The molecule has 5 heteroatoms. The second kappa shape index (κ2) is 7.97. The van der Waals surface area contributed by atoms with Crippen LogP contribution < -0.4 is 27.4 Å². The Bertz CT molecular complexity index is 811. The van der Waals surface area contributed by atoms with E-state index in [1.165, 1.54) is 5.69 Å². The number of nitrogens with one attached hydrogen (secondary N) is 1. The average Bonchev–Trinajstić information content (AvgIpc) is 2.67. The van der Waals surface area contributed by atoms with Crippen LogP contribution in [0.5, 0.6) is 0 Å². The second-order valence-corrected chi connectivity index (χ2v) is 6.57. The van der Waals surface area contributed by atoms with E-state index in [1.54, 1.807) is 0 Å². The van der Waals surface area contributed by atoms with E-state index in [2.05, 4.69) is 22.3 Å². The predicted octanol–water partition coefficient (Wildman–Crippen LogP) is 1.99. The Labute approximate surface area is 155 Å². The summed E-state index contributed by atoms with van der Waals surface area (Å²) in [5, 5.41) is 3.37. The molecule has 3 rings (SSSR count). The Balaban J connectivity index is 1.88. The van der Waals surface area contributed by atoms with Gasteiger partial charge in [0, 0.05) is 48.7 Å². The van der Waals surface area contributed by atoms with Crippen LogP contribution in [0.4, 0.5) is 5.69 Å². The lowest BCUT2D eigenvalue weighted by Gasteiger charge is -2.29. The number of hydrogen-bond donors (Lipinski definition) is 4. The van der Waals surface area contributed by atoms with Crippen molar-refractivity contribution in [3.8, 4) is 0 Å². The molecule has 0 amide bonds. The highest BCUT2D eigenvalue weighted by Gasteiger charge is 2.11. The molecule has 0 spiro atoms. The zero-order valence-corrected chi connectivity index (χ0v) is 15.2. The van der Waals surface area contributed by atoms with E-state index in [9.17, 15) is 0 Å². The highest BCUT2D eigenvalue weighted by Crippen LogP contribution is 2.25. The SMILES string of the molecule is Cc1ccccc1/C(N)=C/C(=C(N)N)c1ccc(N2CCNCC2)cc1. The number of nitrogens with zero attached hydrogens (tertiary/aromatic N) is 1. The molecular weight excluding hydrogens is 322 g/mol. The van der Waals surface area contributed by atoms with Gasteiger partial charge in [0.25, 0.3) is 0 Å². The fraction of sp³-hybridized carbons (Fsp3) is 0.238. The molecule has 0 unspecified atom stereocenters. The molecule has 0 radical (unpaired) electrons. The molecule has 0 atom stereocenters. The van der Waals surface area contributed by atoms with E-state index in [4.69, 9.17) is 17.2 Å². The molecule has 0 aromatic heterocycles. The molecule has 2 aromatic rings. The number of rotatable bonds is 4. The second-order valence-electron chi connectivity index (χ2n) is 6.57. The Kier molecular flexibility index (Phi) is 5.49. The maximum absolute atomic E-state index is 6.32. The smallest absolute Gasteiger partial charge is 0.101 e. The normalized spacial score (nSPS) is 15.0. The summed E-state index contributed by atoms with van der Waals surface area (Å²) < 4.78 is 0. The average molecular weight is 349 g/mol. The van der Waals surface area contributed by atoms with Crippen LogP contribution >= 0.6 is 0 Å². The van der Waals surface area contributed by atoms with E-state index >= 15 is 0 Å². The van der Waals surface area contributed by atoms with Crippen molar-refractivity contribution in [2.75, 3.05) is 31.1 Å². The van der Waals surface area contributed by atoms with Crippen molar-refractivity contribution < 1.29 is 0 Å². The van der Waals surface area contributed by atoms with Crippen molar-refractivity contribution in [1.29, 1.82) is 0 Å². The highest BCUT2D eigenvalue weighted by atomic mass is 15.2. The largest absolute Gasteiger partial charge is 0.398 e. The van der Waals surface area contributed by atoms with Gasteiger partial charge in [0.15, 0.2) is 0 Å². The Morgan fingerprint density at radius 3 is 2.23 bits per heavy atom. The third-order valence-corrected chi connectivity index (χ3v) is 4.73. The number of nitrogens with two attached hydrogens (primary N) is 3. The van der Waals surface area contributed by atoms with Crippen LogP contribution in [0.2, 0.25) is 0 Å². The first kappa shape index (κ1) is 17.9. The van der Waals surface area contributed by atoms with Gasteiger partial charge in [-0.05, 0) is 36.3 Å². The first-order valence-electron chi connectivity index (χ1n) is 8.91. The van der Waals surface area contributed by atoms with Gasteiger partial charge in [0.1, 0.15) is 5.82 Å². The van der Waals surface area contributed by atoms with Gasteiger partial charge in [-0.15, -0.1) is 0 Å². The Morgan fingerprint density at radius 1 is 0.962 bits per heavy atom. The number of anilines is 1. The summed E-state index contributed by atoms with van der Waals surface area (Å²) in [5.74, 6) is 0.261. The van der Waals surface area contributed by atoms with Crippen LogP contribution in [-0.4, -0.2) is 26.2 Å². The monoisotopic (exact) mass is 349 g/mol. The van der Waals surface area contributed by atoms with Crippen LogP contribution in [0.1, 0.15) is 16.7 Å². The number of allylic oxidation sites excluding steroid dienone is 2. The quantitative estimate of drug-likeness (QED) is 0.634. The van der Waals surface area contributed by atoms with Gasteiger partial charge in [-0.2, -0.15) is 0 Å². The van der Waals surface area contributed by atoms with E-state index in [0.717, 1.165) is 48.4 Å². The van der Waals surface area contributed by atoms with E-state index in [0.29, 0.717) is 5.70 Å². The maximum atomic E-state index is 6.32. The molecule has 26 heavy (non-hydrogen) atoms. The van der Waals surface area contributed by atoms with E-state index < -0.39 is 0 Å². The van der Waals surface area contributed by atoms with Gasteiger partial charge < -0.3 is 27.4 Å². The standard InChI is InChI=1S/C21H27N5/c1-15-4-2-3-5-18(15)20(22)14-19(21(23)24)16-6-8-17(9-7-16)26-12-10-25-11-13-26/h2-9,14,25H,10-13,22-24H2,1H3/b20-14-. The Hall–Kier alpha value is -2.92. The van der Waals surface area contributed by atoms with Crippen LogP contribution in [0, 0.1) is 6.92 Å². The van der Waals surface area contributed by atoms with Crippen LogP contribution in [-0.2, 0) is 0 Å². The summed E-state index contributed by atoms with van der Waals surface area (Å²) in [4.78, 5) is 2.37. The van der Waals surface area contributed by atoms with Crippen molar-refractivity contribution in [1.82, 2.24) is 5.32 Å². The zero-order valence-electron chi connectivity index (χ0n) is 15.2. The summed E-state index contributed by atoms with van der Waals surface area (Å²) in [7, 11) is 0. The molecule has 7 N–H and O–H groups in total. The molecule has 136 valence electrons. The van der Waals surface area contributed by atoms with Gasteiger partial charge >= 0.3 is 0 Å². The number of aryl methyl sites for hydroxylation is 1. The molecule has 0 aliphatic carbocycles. The fourth-order valence-corrected chi connectivity index (χ4v) is 3.24. The van der Waals surface area contributed by atoms with Crippen LogP contribution in [0.3, 0.4) is 0 Å². The minimum Gasteiger partial charge on any atom is -0.398 e. The molecule has 0 saturated carbocycles. The van der Waals surface area contributed by atoms with Crippen molar-refractivity contribution in [2.45, 2.75) is 6.92 Å². The topological polar surface area (TPSA) is 93.3 Å².